The summed E-state index contributed by atoms with van der Waals surface area (Å²) in [6, 6.07) is 63.8. The summed E-state index contributed by atoms with van der Waals surface area (Å²) in [7, 11) is 0. The van der Waals surface area contributed by atoms with Crippen LogP contribution in [-0.2, 0) is 27.1 Å². The van der Waals surface area contributed by atoms with E-state index in [0.29, 0.717) is 0 Å². The van der Waals surface area contributed by atoms with Crippen LogP contribution < -0.4 is 9.80 Å². The Kier molecular flexibility index (Phi) is 9.52. The molecule has 77 heavy (non-hydrogen) atoms. The Morgan fingerprint density at radius 3 is 1.26 bits per heavy atom. The second kappa shape index (κ2) is 15.7. The average molecular weight is 997 g/mol. The zero-order valence-corrected chi connectivity index (χ0v) is 46.5. The van der Waals surface area contributed by atoms with Gasteiger partial charge in [-0.3, -0.25) is 0 Å². The number of fused-ring (bicyclic) bond motifs is 14. The van der Waals surface area contributed by atoms with Crippen LogP contribution in [0.15, 0.2) is 199 Å². The Bertz CT molecular complexity index is 3950. The highest BCUT2D eigenvalue weighted by Gasteiger charge is 2.44. The van der Waals surface area contributed by atoms with Crippen molar-refractivity contribution in [3.8, 4) is 33.4 Å². The molecule has 0 heterocycles. The van der Waals surface area contributed by atoms with Crippen LogP contribution in [0.2, 0.25) is 0 Å². The zero-order chi connectivity index (χ0) is 52.7. The Morgan fingerprint density at radius 2 is 0.766 bits per heavy atom. The Hall–Kier alpha value is -7.68. The van der Waals surface area contributed by atoms with Gasteiger partial charge in [0.25, 0.3) is 0 Å². The second-order valence-corrected chi connectivity index (χ2v) is 26.0. The van der Waals surface area contributed by atoms with Crippen LogP contribution >= 0.6 is 0 Å². The van der Waals surface area contributed by atoms with E-state index in [1.807, 2.05) is 0 Å². The summed E-state index contributed by atoms with van der Waals surface area (Å²) in [6.07, 6.45) is 13.2. The predicted octanol–water partition coefficient (Wildman–Crippen LogP) is 19.7. The van der Waals surface area contributed by atoms with Gasteiger partial charge in [0.2, 0.25) is 0 Å². The molecule has 2 nitrogen and oxygen atoms in total. The highest BCUT2D eigenvalue weighted by atomic mass is 15.2. The molecule has 0 saturated heterocycles. The van der Waals surface area contributed by atoms with Gasteiger partial charge in [-0.2, -0.15) is 0 Å². The molecule has 0 N–H and O–H groups in total. The minimum atomic E-state index is -0.257. The van der Waals surface area contributed by atoms with E-state index >= 15 is 0 Å². The highest BCUT2D eigenvalue weighted by molar-refractivity contribution is 5.95. The lowest BCUT2D eigenvalue weighted by atomic mass is 9.79. The lowest BCUT2D eigenvalue weighted by Gasteiger charge is -2.37. The summed E-state index contributed by atoms with van der Waals surface area (Å²) in [5.74, 6) is 0. The van der Waals surface area contributed by atoms with Crippen molar-refractivity contribution in [1.82, 2.24) is 0 Å². The van der Waals surface area contributed by atoms with Crippen molar-refractivity contribution in [3.05, 3.63) is 255 Å². The number of nitrogens with zero attached hydrogens (tertiary/aromatic N) is 2. The molecule has 0 spiro atoms. The number of anilines is 5. The maximum absolute atomic E-state index is 2.69. The van der Waals surface area contributed by atoms with E-state index in [9.17, 15) is 0 Å². The molecule has 0 bridgehead atoms. The molecule has 15 rings (SSSR count). The van der Waals surface area contributed by atoms with E-state index < -0.39 is 0 Å². The van der Waals surface area contributed by atoms with E-state index in [2.05, 4.69) is 267 Å². The van der Waals surface area contributed by atoms with Gasteiger partial charge in [-0.15, -0.1) is 0 Å². The topological polar surface area (TPSA) is 6.48 Å². The summed E-state index contributed by atoms with van der Waals surface area (Å²) in [6.45, 7) is 24.2. The van der Waals surface area contributed by atoms with Gasteiger partial charge in [0.1, 0.15) is 0 Å². The number of benzene rings is 8. The number of allylic oxidation sites excluding steroid dienone is 6. The first-order chi connectivity index (χ1) is 37.0. The van der Waals surface area contributed by atoms with E-state index in [-0.39, 0.29) is 33.1 Å². The van der Waals surface area contributed by atoms with Gasteiger partial charge in [-0.25, -0.2) is 0 Å². The normalized spacial score (nSPS) is 19.8. The van der Waals surface area contributed by atoms with Crippen molar-refractivity contribution in [2.75, 3.05) is 9.80 Å². The van der Waals surface area contributed by atoms with Crippen LogP contribution in [0.4, 0.5) is 28.4 Å². The molecular weight excluding hydrogens is 929 g/mol. The van der Waals surface area contributed by atoms with Crippen molar-refractivity contribution >= 4 is 39.6 Å². The monoisotopic (exact) mass is 997 g/mol. The standard InChI is InChI=1S/C75H68N2/c1-71(2)61-23-15-11-19-51(61)55-33-27-45(39-65(55)71)76(46-28-34-56-52-20-12-16-24-62(52)72(3,4)66(56)40-46)49-31-37-59-60-38-32-50(44-70(60)75(9,10)69(59)43-49)77(47-29-35-57-53-21-13-17-25-63(53)73(5,6)67(57)41-47)48-30-36-58-54-22-14-18-26-64(54)74(7,8)68(58)42-48/h11-13,15-21,23-31,33-44,50H,14,22,32H2,1-10H3. The molecule has 8 aromatic rings. The Balaban J connectivity index is 0.858. The molecule has 7 aliphatic rings. The van der Waals surface area contributed by atoms with Crippen LogP contribution in [0.3, 0.4) is 0 Å². The minimum Gasteiger partial charge on any atom is -0.334 e. The van der Waals surface area contributed by atoms with Gasteiger partial charge in [-0.1, -0.05) is 197 Å². The lowest BCUT2D eigenvalue weighted by molar-refractivity contribution is 0.642. The summed E-state index contributed by atoms with van der Waals surface area (Å²) in [4.78, 5) is 5.24. The molecular formula is C75H68N2. The van der Waals surface area contributed by atoms with Crippen molar-refractivity contribution in [1.29, 1.82) is 0 Å². The summed E-state index contributed by atoms with van der Waals surface area (Å²) >= 11 is 0. The van der Waals surface area contributed by atoms with Crippen molar-refractivity contribution in [3.63, 3.8) is 0 Å². The van der Waals surface area contributed by atoms with Crippen molar-refractivity contribution in [2.45, 2.75) is 122 Å². The molecule has 0 aliphatic heterocycles. The smallest absolute Gasteiger partial charge is 0.0563 e. The summed E-state index contributed by atoms with van der Waals surface area (Å²) in [5, 5.41) is 0. The van der Waals surface area contributed by atoms with Crippen LogP contribution in [0.5, 0.6) is 0 Å². The molecule has 2 heteroatoms. The average Bonchev–Trinajstić information content (AvgIpc) is 4.10. The second-order valence-electron chi connectivity index (χ2n) is 26.0. The number of hydrogen-bond donors (Lipinski definition) is 0. The molecule has 378 valence electrons. The van der Waals surface area contributed by atoms with Crippen LogP contribution in [-0.4, -0.2) is 6.04 Å². The van der Waals surface area contributed by atoms with Crippen LogP contribution in [0.25, 0.3) is 44.5 Å². The van der Waals surface area contributed by atoms with Gasteiger partial charge in [0, 0.05) is 55.5 Å². The van der Waals surface area contributed by atoms with E-state index in [1.54, 1.807) is 0 Å². The van der Waals surface area contributed by atoms with Gasteiger partial charge >= 0.3 is 0 Å². The maximum Gasteiger partial charge on any atom is 0.0563 e. The number of hydrogen-bond acceptors (Lipinski definition) is 2. The van der Waals surface area contributed by atoms with Crippen molar-refractivity contribution < 1.29 is 0 Å². The first-order valence-corrected chi connectivity index (χ1v) is 28.4. The van der Waals surface area contributed by atoms with Gasteiger partial charge in [0.15, 0.2) is 0 Å². The van der Waals surface area contributed by atoms with Gasteiger partial charge < -0.3 is 9.80 Å². The largest absolute Gasteiger partial charge is 0.334 e. The number of rotatable bonds is 6. The van der Waals surface area contributed by atoms with Gasteiger partial charge in [-0.05, 0) is 191 Å². The summed E-state index contributed by atoms with van der Waals surface area (Å²) < 4.78 is 0. The molecule has 0 radical (unpaired) electrons. The van der Waals surface area contributed by atoms with Crippen LogP contribution in [0, 0.1) is 0 Å². The molecule has 0 saturated carbocycles. The third-order valence-electron chi connectivity index (χ3n) is 20.1. The van der Waals surface area contributed by atoms with Crippen LogP contribution in [0.1, 0.15) is 144 Å². The van der Waals surface area contributed by atoms with E-state index in [1.165, 1.54) is 140 Å². The molecule has 0 aromatic heterocycles. The summed E-state index contributed by atoms with van der Waals surface area (Å²) in [5.41, 5.74) is 33.3. The molecule has 1 unspecified atom stereocenters. The predicted molar refractivity (Wildman–Crippen MR) is 325 cm³/mol. The zero-order valence-electron chi connectivity index (χ0n) is 46.5. The fraction of sp³-hybridized carbons (Fsp3) is 0.253. The maximum atomic E-state index is 2.69. The van der Waals surface area contributed by atoms with E-state index in [4.69, 9.17) is 0 Å². The fourth-order valence-corrected chi connectivity index (χ4v) is 15.9. The third-order valence-corrected chi connectivity index (χ3v) is 20.1. The molecule has 1 atom stereocenters. The molecule has 0 fully saturated rings. The van der Waals surface area contributed by atoms with E-state index in [0.717, 1.165) is 19.3 Å². The SMILES string of the molecule is CC1(C)C2=CC(N(c3ccc4c(c3)C(C)(C)C3=C4CCC=C3)c3ccc4c(c3)C(C)(C)c3ccccc3-4)CC=C2c2ccc(N(c3ccc4c(c3)C(C)(C)c3ccccc3-4)c3ccc4c(c3)C(C)(C)c3ccccc3-4)cc21. The van der Waals surface area contributed by atoms with Gasteiger partial charge in [0.05, 0.1) is 6.04 Å². The fourth-order valence-electron chi connectivity index (χ4n) is 15.9. The third kappa shape index (κ3) is 6.30. The molecule has 0 amide bonds. The van der Waals surface area contributed by atoms with Crippen molar-refractivity contribution in [2.24, 2.45) is 0 Å². The Labute approximate surface area is 456 Å². The first-order valence-electron chi connectivity index (χ1n) is 28.4. The Morgan fingerprint density at radius 1 is 0.377 bits per heavy atom. The molecule has 7 aliphatic carbocycles. The molecule has 8 aromatic carbocycles. The highest BCUT2D eigenvalue weighted by Crippen LogP contribution is 2.58. The first kappa shape index (κ1) is 46.6. The lowest BCUT2D eigenvalue weighted by Crippen LogP contribution is -2.33. The quantitative estimate of drug-likeness (QED) is 0.164. The minimum absolute atomic E-state index is 0.0639.